The zero-order valence-electron chi connectivity index (χ0n) is 10.8. The normalized spacial score (nSPS) is 12.1. The molecule has 0 aliphatic heterocycles. The molecule has 2 aromatic rings. The second-order valence-electron chi connectivity index (χ2n) is 4.74. The average molecular weight is 274 g/mol. The van der Waals surface area contributed by atoms with Crippen molar-refractivity contribution in [2.75, 3.05) is 0 Å². The molecule has 0 saturated heterocycles. The van der Waals surface area contributed by atoms with E-state index in [2.05, 4.69) is 0 Å². The van der Waals surface area contributed by atoms with Gasteiger partial charge in [0.05, 0.1) is 5.92 Å². The third kappa shape index (κ3) is 3.82. The van der Waals surface area contributed by atoms with Crippen LogP contribution in [0.1, 0.15) is 11.1 Å². The summed E-state index contributed by atoms with van der Waals surface area (Å²) in [4.78, 5) is 11.3. The lowest BCUT2D eigenvalue weighted by Crippen LogP contribution is -2.19. The molecule has 0 aliphatic rings. The summed E-state index contributed by atoms with van der Waals surface area (Å²) in [5.74, 6) is -1.73. The number of hydrogen-bond acceptors (Lipinski definition) is 2. The summed E-state index contributed by atoms with van der Waals surface area (Å²) in [6, 6.07) is 12.4. The van der Waals surface area contributed by atoms with Gasteiger partial charge in [0.15, 0.2) is 0 Å². The maximum absolute atomic E-state index is 12.8. The van der Waals surface area contributed by atoms with Gasteiger partial charge in [-0.3, -0.25) is 4.79 Å². The van der Waals surface area contributed by atoms with Crippen LogP contribution in [0.5, 0.6) is 5.75 Å². The summed E-state index contributed by atoms with van der Waals surface area (Å²) in [7, 11) is 0. The molecule has 20 heavy (non-hydrogen) atoms. The first-order valence-electron chi connectivity index (χ1n) is 6.30. The summed E-state index contributed by atoms with van der Waals surface area (Å²) >= 11 is 0. The summed E-state index contributed by atoms with van der Waals surface area (Å²) in [5, 5.41) is 18.7. The van der Waals surface area contributed by atoms with E-state index < -0.39 is 11.9 Å². The van der Waals surface area contributed by atoms with Gasteiger partial charge in [-0.2, -0.15) is 0 Å². The van der Waals surface area contributed by atoms with Gasteiger partial charge in [-0.25, -0.2) is 4.39 Å². The zero-order chi connectivity index (χ0) is 14.5. The van der Waals surface area contributed by atoms with Crippen molar-refractivity contribution in [1.29, 1.82) is 0 Å². The number of carboxylic acids is 1. The smallest absolute Gasteiger partial charge is 0.307 e. The standard InChI is InChI=1S/C16H15FO3/c17-14-6-4-11(5-7-14)8-13(16(19)20)9-12-2-1-3-15(18)10-12/h1-7,10,13,18H,8-9H2,(H,19,20). The number of halogens is 1. The van der Waals surface area contributed by atoms with Gasteiger partial charge in [0.1, 0.15) is 11.6 Å². The predicted octanol–water partition coefficient (Wildman–Crippen LogP) is 3.02. The molecule has 3 nitrogen and oxygen atoms in total. The van der Waals surface area contributed by atoms with Gasteiger partial charge in [0.25, 0.3) is 0 Å². The number of aliphatic carboxylic acids is 1. The molecular formula is C16H15FO3. The number of benzene rings is 2. The molecule has 2 N–H and O–H groups in total. The van der Waals surface area contributed by atoms with Crippen molar-refractivity contribution < 1.29 is 19.4 Å². The predicted molar refractivity (Wildman–Crippen MR) is 73.0 cm³/mol. The van der Waals surface area contributed by atoms with Crippen LogP contribution < -0.4 is 0 Å². The number of phenols is 1. The Morgan fingerprint density at radius 2 is 1.70 bits per heavy atom. The van der Waals surface area contributed by atoms with Crippen LogP contribution in [0.3, 0.4) is 0 Å². The van der Waals surface area contributed by atoms with Crippen LogP contribution in [0, 0.1) is 11.7 Å². The number of aromatic hydroxyl groups is 1. The largest absolute Gasteiger partial charge is 0.508 e. The molecule has 4 heteroatoms. The van der Waals surface area contributed by atoms with E-state index in [-0.39, 0.29) is 11.6 Å². The van der Waals surface area contributed by atoms with Gasteiger partial charge in [-0.05, 0) is 48.2 Å². The molecule has 0 saturated carbocycles. The lowest BCUT2D eigenvalue weighted by Gasteiger charge is -2.12. The van der Waals surface area contributed by atoms with Crippen LogP contribution in [0.4, 0.5) is 4.39 Å². The minimum atomic E-state index is -0.905. The number of rotatable bonds is 5. The first-order valence-corrected chi connectivity index (χ1v) is 6.30. The molecule has 0 aromatic heterocycles. The molecule has 0 aliphatic carbocycles. The van der Waals surface area contributed by atoms with Crippen LogP contribution in [-0.2, 0) is 17.6 Å². The first-order chi connectivity index (χ1) is 9.54. The van der Waals surface area contributed by atoms with Crippen molar-refractivity contribution >= 4 is 5.97 Å². The second kappa shape index (κ2) is 6.19. The fraction of sp³-hybridized carbons (Fsp3) is 0.188. The van der Waals surface area contributed by atoms with Crippen LogP contribution in [0.2, 0.25) is 0 Å². The maximum atomic E-state index is 12.8. The summed E-state index contributed by atoms with van der Waals surface area (Å²) < 4.78 is 12.8. The third-order valence-corrected chi connectivity index (χ3v) is 3.14. The minimum absolute atomic E-state index is 0.119. The Bertz CT molecular complexity index is 593. The Balaban J connectivity index is 2.11. The van der Waals surface area contributed by atoms with Crippen LogP contribution in [-0.4, -0.2) is 16.2 Å². The van der Waals surface area contributed by atoms with Crippen molar-refractivity contribution in [3.05, 3.63) is 65.5 Å². The van der Waals surface area contributed by atoms with Gasteiger partial charge in [0, 0.05) is 0 Å². The Hall–Kier alpha value is -2.36. The van der Waals surface area contributed by atoms with Crippen molar-refractivity contribution in [3.8, 4) is 5.75 Å². The van der Waals surface area contributed by atoms with Gasteiger partial charge < -0.3 is 10.2 Å². The molecule has 0 amide bonds. The third-order valence-electron chi connectivity index (χ3n) is 3.14. The highest BCUT2D eigenvalue weighted by Gasteiger charge is 2.18. The second-order valence-corrected chi connectivity index (χ2v) is 4.74. The van der Waals surface area contributed by atoms with Crippen molar-refractivity contribution in [3.63, 3.8) is 0 Å². The zero-order valence-corrected chi connectivity index (χ0v) is 10.8. The highest BCUT2D eigenvalue weighted by Crippen LogP contribution is 2.18. The van der Waals surface area contributed by atoms with E-state index in [0.717, 1.165) is 11.1 Å². The lowest BCUT2D eigenvalue weighted by molar-refractivity contribution is -0.141. The summed E-state index contributed by atoms with van der Waals surface area (Å²) in [6.45, 7) is 0. The van der Waals surface area contributed by atoms with Gasteiger partial charge >= 0.3 is 5.97 Å². The molecular weight excluding hydrogens is 259 g/mol. The molecule has 0 radical (unpaired) electrons. The SMILES string of the molecule is O=C(O)C(Cc1ccc(F)cc1)Cc1cccc(O)c1. The molecule has 0 fully saturated rings. The van der Waals surface area contributed by atoms with Crippen molar-refractivity contribution in [2.24, 2.45) is 5.92 Å². The molecule has 2 aromatic carbocycles. The summed E-state index contributed by atoms with van der Waals surface area (Å²) in [5.41, 5.74) is 1.54. The van der Waals surface area contributed by atoms with Crippen molar-refractivity contribution in [1.82, 2.24) is 0 Å². The molecule has 0 heterocycles. The molecule has 1 unspecified atom stereocenters. The fourth-order valence-corrected chi connectivity index (χ4v) is 2.12. The average Bonchev–Trinajstić information content (AvgIpc) is 2.40. The Morgan fingerprint density at radius 3 is 2.30 bits per heavy atom. The monoisotopic (exact) mass is 274 g/mol. The minimum Gasteiger partial charge on any atom is -0.508 e. The lowest BCUT2D eigenvalue weighted by atomic mass is 9.92. The molecule has 1 atom stereocenters. The number of hydrogen-bond donors (Lipinski definition) is 2. The van der Waals surface area contributed by atoms with Crippen LogP contribution in [0.25, 0.3) is 0 Å². The van der Waals surface area contributed by atoms with Crippen LogP contribution in [0.15, 0.2) is 48.5 Å². The van der Waals surface area contributed by atoms with Crippen LogP contribution >= 0.6 is 0 Å². The van der Waals surface area contributed by atoms with Gasteiger partial charge in [0.2, 0.25) is 0 Å². The molecule has 0 bridgehead atoms. The molecule has 2 rings (SSSR count). The fourth-order valence-electron chi connectivity index (χ4n) is 2.12. The molecule has 104 valence electrons. The number of carboxylic acid groups (broad SMARTS) is 1. The van der Waals surface area contributed by atoms with E-state index >= 15 is 0 Å². The van der Waals surface area contributed by atoms with E-state index in [1.807, 2.05) is 0 Å². The van der Waals surface area contributed by atoms with Gasteiger partial charge in [-0.1, -0.05) is 24.3 Å². The van der Waals surface area contributed by atoms with E-state index in [0.29, 0.717) is 12.8 Å². The Kier molecular flexibility index (Phi) is 4.35. The van der Waals surface area contributed by atoms with Crippen molar-refractivity contribution in [2.45, 2.75) is 12.8 Å². The highest BCUT2D eigenvalue weighted by molar-refractivity contribution is 5.71. The van der Waals surface area contributed by atoms with E-state index in [4.69, 9.17) is 0 Å². The van der Waals surface area contributed by atoms with E-state index in [1.54, 1.807) is 36.4 Å². The Labute approximate surface area is 116 Å². The number of carbonyl (C=O) groups is 1. The topological polar surface area (TPSA) is 57.5 Å². The quantitative estimate of drug-likeness (QED) is 0.881. The highest BCUT2D eigenvalue weighted by atomic mass is 19.1. The van der Waals surface area contributed by atoms with E-state index in [9.17, 15) is 19.4 Å². The van der Waals surface area contributed by atoms with E-state index in [1.165, 1.54) is 12.1 Å². The first kappa shape index (κ1) is 14.1. The molecule has 0 spiro atoms. The summed E-state index contributed by atoms with van der Waals surface area (Å²) in [6.07, 6.45) is 0.645. The number of phenolic OH excluding ortho intramolecular Hbond substituents is 1. The maximum Gasteiger partial charge on any atom is 0.307 e. The Morgan fingerprint density at radius 1 is 1.05 bits per heavy atom. The van der Waals surface area contributed by atoms with Gasteiger partial charge in [-0.15, -0.1) is 0 Å².